The molecule has 2 aromatic heterocycles. The molecular formula is C37H38BrN7O4. The van der Waals surface area contributed by atoms with Gasteiger partial charge in [0.1, 0.15) is 11.6 Å². The first-order valence-electron chi connectivity index (χ1n) is 16.6. The highest BCUT2D eigenvalue weighted by Gasteiger charge is 2.34. The third kappa shape index (κ3) is 7.16. The van der Waals surface area contributed by atoms with E-state index in [1.807, 2.05) is 76.7 Å². The van der Waals surface area contributed by atoms with Gasteiger partial charge >= 0.3 is 0 Å². The average molecular weight is 725 g/mol. The Bertz CT molecular complexity index is 1930. The normalized spacial score (nSPS) is 20.1. The van der Waals surface area contributed by atoms with Crippen LogP contribution in [0.25, 0.3) is 11.0 Å². The summed E-state index contributed by atoms with van der Waals surface area (Å²) in [6.07, 6.45) is 3.78. The second kappa shape index (κ2) is 14.0. The molecule has 1 unspecified atom stereocenters. The van der Waals surface area contributed by atoms with Crippen LogP contribution in [0.4, 0.5) is 11.4 Å². The Kier molecular flexibility index (Phi) is 9.33. The Morgan fingerprint density at radius 3 is 2.45 bits per heavy atom. The topological polar surface area (TPSA) is 117 Å². The number of piperazine rings is 1. The largest absolute Gasteiger partial charge is 0.451 e. The van der Waals surface area contributed by atoms with Crippen molar-refractivity contribution in [3.63, 3.8) is 0 Å². The summed E-state index contributed by atoms with van der Waals surface area (Å²) in [6, 6.07) is 24.2. The Balaban J connectivity index is 0.919. The Morgan fingerprint density at radius 1 is 0.980 bits per heavy atom. The zero-order valence-corrected chi connectivity index (χ0v) is 29.0. The fourth-order valence-corrected chi connectivity index (χ4v) is 7.12. The van der Waals surface area contributed by atoms with Crippen LogP contribution in [0, 0.1) is 0 Å². The number of nitrogens with zero attached hydrogens (tertiary/aromatic N) is 6. The number of furan rings is 1. The first-order valence-corrected chi connectivity index (χ1v) is 17.4. The molecule has 0 saturated carbocycles. The van der Waals surface area contributed by atoms with Crippen LogP contribution in [0.1, 0.15) is 54.5 Å². The summed E-state index contributed by atoms with van der Waals surface area (Å²) in [7, 11) is 0. The highest BCUT2D eigenvalue weighted by atomic mass is 79.9. The van der Waals surface area contributed by atoms with Gasteiger partial charge in [0, 0.05) is 59.5 Å². The van der Waals surface area contributed by atoms with Crippen molar-refractivity contribution in [1.29, 1.82) is 0 Å². The maximum atomic E-state index is 13.4. The molecule has 49 heavy (non-hydrogen) atoms. The SMILES string of the molecule is C[C@@H]1CN(C(=O)Cc2ccc(NC(=O)c3cc4ccccc4o3)cc2)C[C@H](C)N1Cc1cn(C2CCCN(c3ccc(Br)cc3)C2=O)nn1. The van der Waals surface area contributed by atoms with Gasteiger partial charge in [0.25, 0.3) is 11.8 Å². The molecule has 4 heterocycles. The van der Waals surface area contributed by atoms with Gasteiger partial charge in [-0.3, -0.25) is 19.3 Å². The highest BCUT2D eigenvalue weighted by Crippen LogP contribution is 2.29. The zero-order valence-electron chi connectivity index (χ0n) is 27.5. The van der Waals surface area contributed by atoms with Crippen molar-refractivity contribution in [2.75, 3.05) is 29.9 Å². The Hall–Kier alpha value is -4.81. The van der Waals surface area contributed by atoms with Crippen LogP contribution in [-0.4, -0.2) is 74.2 Å². The van der Waals surface area contributed by atoms with Gasteiger partial charge in [-0.25, -0.2) is 4.68 Å². The van der Waals surface area contributed by atoms with E-state index < -0.39 is 0 Å². The fraction of sp³-hybridized carbons (Fsp3) is 0.324. The van der Waals surface area contributed by atoms with Crippen LogP contribution in [0.2, 0.25) is 0 Å². The summed E-state index contributed by atoms with van der Waals surface area (Å²) in [6.45, 7) is 6.73. The summed E-state index contributed by atoms with van der Waals surface area (Å²) in [5.74, 6) is 0.0142. The molecule has 3 atom stereocenters. The lowest BCUT2D eigenvalue weighted by molar-refractivity contribution is -0.135. The lowest BCUT2D eigenvalue weighted by Crippen LogP contribution is -2.57. The molecule has 7 rings (SSSR count). The highest BCUT2D eigenvalue weighted by molar-refractivity contribution is 9.10. The van der Waals surface area contributed by atoms with Gasteiger partial charge in [-0.1, -0.05) is 51.5 Å². The van der Waals surface area contributed by atoms with E-state index in [0.29, 0.717) is 37.4 Å². The van der Waals surface area contributed by atoms with E-state index >= 15 is 0 Å². The smallest absolute Gasteiger partial charge is 0.291 e. The predicted octanol–water partition coefficient (Wildman–Crippen LogP) is 6.07. The van der Waals surface area contributed by atoms with Gasteiger partial charge < -0.3 is 19.5 Å². The van der Waals surface area contributed by atoms with Crippen LogP contribution in [-0.2, 0) is 22.6 Å². The van der Waals surface area contributed by atoms with Gasteiger partial charge in [0.15, 0.2) is 5.76 Å². The standard InChI is InChI=1S/C37H38BrN7O4/c1-24-20-42(35(46)18-26-9-13-29(14-10-26)39-36(47)34-19-27-6-3-4-8-33(27)49-34)21-25(2)44(24)22-30-23-45(41-40-30)32-7-5-17-43(37(32)48)31-15-11-28(38)12-16-31/h3-4,6,8-16,19,23-25,32H,5,7,17-18,20-22H2,1-2H3,(H,39,47)/t24-,25+,32?. The monoisotopic (exact) mass is 723 g/mol. The number of halogens is 1. The van der Waals surface area contributed by atoms with Crippen molar-refractivity contribution in [3.05, 3.63) is 107 Å². The van der Waals surface area contributed by atoms with Gasteiger partial charge in [-0.2, -0.15) is 0 Å². The van der Waals surface area contributed by atoms with Gasteiger partial charge in [-0.15, -0.1) is 5.10 Å². The molecule has 0 bridgehead atoms. The summed E-state index contributed by atoms with van der Waals surface area (Å²) in [4.78, 5) is 45.6. The minimum Gasteiger partial charge on any atom is -0.451 e. The van der Waals surface area contributed by atoms with Crippen LogP contribution >= 0.6 is 15.9 Å². The number of carbonyl (C=O) groups excluding carboxylic acids is 3. The molecule has 1 N–H and O–H groups in total. The Labute approximate surface area is 293 Å². The minimum absolute atomic E-state index is 0.0286. The van der Waals surface area contributed by atoms with Crippen LogP contribution in [0.3, 0.4) is 0 Å². The van der Waals surface area contributed by atoms with E-state index in [4.69, 9.17) is 4.42 Å². The molecular weight excluding hydrogens is 686 g/mol. The molecule has 0 aliphatic carbocycles. The van der Waals surface area contributed by atoms with E-state index in [1.54, 1.807) is 22.9 Å². The first-order chi connectivity index (χ1) is 23.7. The number of aromatic nitrogens is 3. The average Bonchev–Trinajstić information content (AvgIpc) is 3.75. The molecule has 12 heteroatoms. The number of piperidine rings is 1. The van der Waals surface area contributed by atoms with E-state index in [2.05, 4.69) is 50.3 Å². The number of amides is 3. The second-order valence-electron chi connectivity index (χ2n) is 13.0. The number of rotatable bonds is 8. The molecule has 3 aromatic carbocycles. The number of hydrogen-bond acceptors (Lipinski definition) is 7. The molecule has 3 amide bonds. The summed E-state index contributed by atoms with van der Waals surface area (Å²) in [5.41, 5.74) is 3.86. The molecule has 0 radical (unpaired) electrons. The van der Waals surface area contributed by atoms with Crippen molar-refractivity contribution in [2.24, 2.45) is 0 Å². The zero-order chi connectivity index (χ0) is 34.1. The maximum absolute atomic E-state index is 13.4. The molecule has 2 fully saturated rings. The van der Waals surface area contributed by atoms with E-state index in [9.17, 15) is 14.4 Å². The second-order valence-corrected chi connectivity index (χ2v) is 13.9. The molecule has 11 nitrogen and oxygen atoms in total. The number of nitrogens with one attached hydrogen (secondary N) is 1. The predicted molar refractivity (Wildman–Crippen MR) is 190 cm³/mol. The summed E-state index contributed by atoms with van der Waals surface area (Å²) >= 11 is 3.46. The number of hydrogen-bond donors (Lipinski definition) is 1. The number of anilines is 2. The quantitative estimate of drug-likeness (QED) is 0.207. The van der Waals surface area contributed by atoms with Crippen molar-refractivity contribution in [3.8, 4) is 0 Å². The molecule has 252 valence electrons. The number of fused-ring (bicyclic) bond motifs is 1. The van der Waals surface area contributed by atoms with Crippen LogP contribution < -0.4 is 10.2 Å². The van der Waals surface area contributed by atoms with Crippen molar-refractivity contribution >= 4 is 56.0 Å². The number of carbonyl (C=O) groups is 3. The van der Waals surface area contributed by atoms with Gasteiger partial charge in [-0.05, 0) is 80.8 Å². The van der Waals surface area contributed by atoms with Crippen molar-refractivity contribution < 1.29 is 18.8 Å². The first kappa shape index (κ1) is 32.7. The van der Waals surface area contributed by atoms with E-state index in [1.165, 1.54) is 0 Å². The molecule has 2 aliphatic heterocycles. The van der Waals surface area contributed by atoms with Crippen molar-refractivity contribution in [1.82, 2.24) is 24.8 Å². The summed E-state index contributed by atoms with van der Waals surface area (Å²) < 4.78 is 8.35. The number of para-hydroxylation sites is 1. The van der Waals surface area contributed by atoms with E-state index in [-0.39, 0.29) is 48.0 Å². The van der Waals surface area contributed by atoms with Crippen molar-refractivity contribution in [2.45, 2.75) is 57.8 Å². The lowest BCUT2D eigenvalue weighted by Gasteiger charge is -2.44. The van der Waals surface area contributed by atoms with Crippen LogP contribution in [0.5, 0.6) is 0 Å². The molecule has 2 saturated heterocycles. The minimum atomic E-state index is -0.384. The molecule has 0 spiro atoms. The summed E-state index contributed by atoms with van der Waals surface area (Å²) in [5, 5.41) is 12.6. The van der Waals surface area contributed by atoms with Gasteiger partial charge in [0.2, 0.25) is 5.91 Å². The fourth-order valence-electron chi connectivity index (χ4n) is 6.86. The Morgan fingerprint density at radius 2 is 1.71 bits per heavy atom. The number of benzene rings is 3. The van der Waals surface area contributed by atoms with Gasteiger partial charge in [0.05, 0.1) is 18.3 Å². The lowest BCUT2D eigenvalue weighted by atomic mass is 10.0. The molecule has 5 aromatic rings. The third-order valence-corrected chi connectivity index (χ3v) is 9.97. The van der Waals surface area contributed by atoms with E-state index in [0.717, 1.165) is 39.6 Å². The third-order valence-electron chi connectivity index (χ3n) is 9.44. The maximum Gasteiger partial charge on any atom is 0.291 e. The molecule has 2 aliphatic rings. The van der Waals surface area contributed by atoms with Crippen LogP contribution in [0.15, 0.2) is 93.9 Å².